The van der Waals surface area contributed by atoms with Crippen molar-refractivity contribution in [3.63, 3.8) is 0 Å². The molecular formula is C14H27BrO3Si. The van der Waals surface area contributed by atoms with Crippen molar-refractivity contribution in [1.29, 1.82) is 0 Å². The number of hydrogen-bond acceptors (Lipinski definition) is 3. The van der Waals surface area contributed by atoms with Crippen LogP contribution in [0.5, 0.6) is 0 Å². The number of esters is 1. The first-order valence-electron chi connectivity index (χ1n) is 6.65. The molecule has 19 heavy (non-hydrogen) atoms. The van der Waals surface area contributed by atoms with Gasteiger partial charge in [0.2, 0.25) is 0 Å². The van der Waals surface area contributed by atoms with Crippen molar-refractivity contribution in [2.75, 3.05) is 7.11 Å². The summed E-state index contributed by atoms with van der Waals surface area (Å²) >= 11 is 3.31. The fourth-order valence-corrected chi connectivity index (χ4v) is 3.03. The molecule has 5 heteroatoms. The quantitative estimate of drug-likeness (QED) is 0.496. The zero-order valence-corrected chi connectivity index (χ0v) is 15.5. The summed E-state index contributed by atoms with van der Waals surface area (Å²) in [7, 11) is -0.358. The summed E-state index contributed by atoms with van der Waals surface area (Å²) < 4.78 is 11.0. The first kappa shape index (κ1) is 18.9. The molecule has 0 aromatic rings. The lowest BCUT2D eigenvalue weighted by atomic mass is 10.1. The molecule has 0 aliphatic rings. The standard InChI is InChI=1S/C14H27BrO3Si/c1-14(2,3)19(5,6)18-12(10-11-15)8-7-9-13(16)17-4/h10-12H,7-9H2,1-6H3/b11-10+/t12-/m1/s1. The Labute approximate surface area is 127 Å². The number of halogens is 1. The van der Waals surface area contributed by atoms with Crippen LogP contribution in [0.4, 0.5) is 0 Å². The summed E-state index contributed by atoms with van der Waals surface area (Å²) in [5, 5.41) is 0.188. The molecule has 0 N–H and O–H groups in total. The van der Waals surface area contributed by atoms with E-state index in [9.17, 15) is 4.79 Å². The highest BCUT2D eigenvalue weighted by Crippen LogP contribution is 2.37. The van der Waals surface area contributed by atoms with Crippen LogP contribution in [0.1, 0.15) is 40.0 Å². The SMILES string of the molecule is COC(=O)CCC[C@H](/C=C/Br)O[Si](C)(C)C(C)(C)C. The third-order valence-electron chi connectivity index (χ3n) is 3.64. The number of carbonyl (C=O) groups excluding carboxylic acids is 1. The highest BCUT2D eigenvalue weighted by atomic mass is 79.9. The fraction of sp³-hybridized carbons (Fsp3) is 0.786. The van der Waals surface area contributed by atoms with Crippen molar-refractivity contribution in [2.45, 2.75) is 64.3 Å². The van der Waals surface area contributed by atoms with E-state index in [4.69, 9.17) is 4.43 Å². The topological polar surface area (TPSA) is 35.5 Å². The first-order chi connectivity index (χ1) is 8.64. The van der Waals surface area contributed by atoms with Crippen molar-refractivity contribution in [1.82, 2.24) is 0 Å². The molecule has 0 heterocycles. The number of carbonyl (C=O) groups is 1. The molecule has 1 atom stereocenters. The lowest BCUT2D eigenvalue weighted by Crippen LogP contribution is -2.43. The van der Waals surface area contributed by atoms with E-state index in [2.05, 4.69) is 54.5 Å². The minimum atomic E-state index is -1.78. The molecule has 0 fully saturated rings. The van der Waals surface area contributed by atoms with Gasteiger partial charge in [-0.1, -0.05) is 42.8 Å². The molecule has 0 aliphatic heterocycles. The molecule has 0 rings (SSSR count). The van der Waals surface area contributed by atoms with Crippen molar-refractivity contribution >= 4 is 30.2 Å². The average Bonchev–Trinajstić information content (AvgIpc) is 2.27. The third-order valence-corrected chi connectivity index (χ3v) is 8.45. The van der Waals surface area contributed by atoms with Crippen LogP contribution in [0.25, 0.3) is 0 Å². The molecule has 0 bridgehead atoms. The van der Waals surface area contributed by atoms with Gasteiger partial charge in [-0.05, 0) is 36.0 Å². The predicted molar refractivity (Wildman–Crippen MR) is 86.0 cm³/mol. The van der Waals surface area contributed by atoms with Crippen LogP contribution in [-0.4, -0.2) is 27.5 Å². The Morgan fingerprint density at radius 1 is 1.37 bits per heavy atom. The summed E-state index contributed by atoms with van der Waals surface area (Å²) in [5.74, 6) is -0.158. The third kappa shape index (κ3) is 7.27. The molecule has 0 aliphatic carbocycles. The van der Waals surface area contributed by atoms with Crippen molar-refractivity contribution in [2.24, 2.45) is 0 Å². The molecule has 0 spiro atoms. The van der Waals surface area contributed by atoms with Gasteiger partial charge in [0, 0.05) is 6.42 Å². The van der Waals surface area contributed by atoms with Crippen LogP contribution >= 0.6 is 15.9 Å². The van der Waals surface area contributed by atoms with Gasteiger partial charge in [0.15, 0.2) is 8.32 Å². The average molecular weight is 351 g/mol. The summed E-state index contributed by atoms with van der Waals surface area (Å²) in [6.45, 7) is 11.2. The highest BCUT2D eigenvalue weighted by Gasteiger charge is 2.38. The van der Waals surface area contributed by atoms with Gasteiger partial charge in [-0.15, -0.1) is 0 Å². The van der Waals surface area contributed by atoms with E-state index in [0.717, 1.165) is 12.8 Å². The van der Waals surface area contributed by atoms with E-state index in [1.807, 2.05) is 11.1 Å². The van der Waals surface area contributed by atoms with Crippen LogP contribution in [0.3, 0.4) is 0 Å². The second-order valence-electron chi connectivity index (χ2n) is 6.20. The summed E-state index contributed by atoms with van der Waals surface area (Å²) in [4.78, 5) is 13.0. The highest BCUT2D eigenvalue weighted by molar-refractivity contribution is 9.11. The lowest BCUT2D eigenvalue weighted by Gasteiger charge is -2.38. The molecule has 0 saturated carbocycles. The van der Waals surface area contributed by atoms with Crippen LogP contribution in [-0.2, 0) is 14.0 Å². The van der Waals surface area contributed by atoms with E-state index < -0.39 is 8.32 Å². The van der Waals surface area contributed by atoms with Gasteiger partial charge in [-0.3, -0.25) is 4.79 Å². The van der Waals surface area contributed by atoms with E-state index in [1.165, 1.54) is 7.11 Å². The lowest BCUT2D eigenvalue weighted by molar-refractivity contribution is -0.140. The normalized spacial score (nSPS) is 14.7. The summed E-state index contributed by atoms with van der Waals surface area (Å²) in [6, 6.07) is 0. The van der Waals surface area contributed by atoms with Crippen LogP contribution in [0.15, 0.2) is 11.1 Å². The van der Waals surface area contributed by atoms with Crippen LogP contribution in [0, 0.1) is 0 Å². The van der Waals surface area contributed by atoms with E-state index >= 15 is 0 Å². The smallest absolute Gasteiger partial charge is 0.305 e. The first-order valence-corrected chi connectivity index (χ1v) is 10.5. The monoisotopic (exact) mass is 350 g/mol. The van der Waals surface area contributed by atoms with Crippen molar-refractivity contribution in [3.05, 3.63) is 11.1 Å². The minimum absolute atomic E-state index is 0.0601. The van der Waals surface area contributed by atoms with E-state index in [-0.39, 0.29) is 17.1 Å². The van der Waals surface area contributed by atoms with Gasteiger partial charge < -0.3 is 9.16 Å². The fourth-order valence-electron chi connectivity index (χ4n) is 1.38. The Hall–Kier alpha value is -0.133. The maximum atomic E-state index is 11.1. The number of rotatable bonds is 7. The molecule has 0 aromatic heterocycles. The molecule has 0 amide bonds. The van der Waals surface area contributed by atoms with Gasteiger partial charge in [0.05, 0.1) is 13.2 Å². The van der Waals surface area contributed by atoms with Gasteiger partial charge in [-0.2, -0.15) is 0 Å². The van der Waals surface area contributed by atoms with Gasteiger partial charge in [0.1, 0.15) is 0 Å². The van der Waals surface area contributed by atoms with Crippen LogP contribution < -0.4 is 0 Å². The zero-order chi connectivity index (χ0) is 15.1. The molecule has 3 nitrogen and oxygen atoms in total. The number of methoxy groups -OCH3 is 1. The Morgan fingerprint density at radius 2 is 1.95 bits per heavy atom. The summed E-state index contributed by atoms with van der Waals surface area (Å²) in [5.41, 5.74) is 0. The molecule has 0 radical (unpaired) electrons. The largest absolute Gasteiger partial charge is 0.469 e. The molecule has 0 aromatic carbocycles. The van der Waals surface area contributed by atoms with E-state index in [0.29, 0.717) is 6.42 Å². The van der Waals surface area contributed by atoms with Crippen molar-refractivity contribution in [3.8, 4) is 0 Å². The van der Waals surface area contributed by atoms with Crippen LogP contribution in [0.2, 0.25) is 18.1 Å². The van der Waals surface area contributed by atoms with Crippen molar-refractivity contribution < 1.29 is 14.0 Å². The maximum absolute atomic E-state index is 11.1. The second-order valence-corrected chi connectivity index (χ2v) is 11.5. The molecule has 112 valence electrons. The second kappa shape index (κ2) is 8.22. The number of hydrogen-bond donors (Lipinski definition) is 0. The Balaban J connectivity index is 4.46. The summed E-state index contributed by atoms with van der Waals surface area (Å²) in [6.07, 6.45) is 4.14. The minimum Gasteiger partial charge on any atom is -0.469 e. The zero-order valence-electron chi connectivity index (χ0n) is 13.0. The Kier molecular flexibility index (Phi) is 8.16. The Morgan fingerprint density at radius 3 is 2.37 bits per heavy atom. The molecule has 0 saturated heterocycles. The predicted octanol–water partition coefficient (Wildman–Crippen LogP) is 4.63. The van der Waals surface area contributed by atoms with E-state index in [1.54, 1.807) is 0 Å². The Bertz CT molecular complexity index is 308. The maximum Gasteiger partial charge on any atom is 0.305 e. The number of ether oxygens (including phenoxy) is 1. The van der Waals surface area contributed by atoms with Gasteiger partial charge in [-0.25, -0.2) is 0 Å². The molecular weight excluding hydrogens is 324 g/mol. The van der Waals surface area contributed by atoms with Gasteiger partial charge >= 0.3 is 5.97 Å². The van der Waals surface area contributed by atoms with Gasteiger partial charge in [0.25, 0.3) is 0 Å². The molecule has 0 unspecified atom stereocenters.